The first-order chi connectivity index (χ1) is 13.7. The van der Waals surface area contributed by atoms with Gasteiger partial charge in [0.05, 0.1) is 24.9 Å². The summed E-state index contributed by atoms with van der Waals surface area (Å²) >= 11 is 0. The Morgan fingerprint density at radius 3 is 2.54 bits per heavy atom. The molecule has 3 N–H and O–H groups in total. The lowest BCUT2D eigenvalue weighted by atomic mass is 10.1. The number of nitrogens with one attached hydrogen (secondary N) is 1. The number of carbonyl (C=O) groups is 1. The molecule has 0 aliphatic rings. The van der Waals surface area contributed by atoms with E-state index in [1.165, 1.54) is 0 Å². The lowest BCUT2D eigenvalue weighted by molar-refractivity contribution is -0.120. The third-order valence-corrected chi connectivity index (χ3v) is 4.48. The normalized spacial score (nSPS) is 10.6. The van der Waals surface area contributed by atoms with E-state index >= 15 is 0 Å². The maximum absolute atomic E-state index is 12.4. The second kappa shape index (κ2) is 9.71. The number of nitrogens with two attached hydrogens (primary N) is 1. The number of rotatable bonds is 9. The summed E-state index contributed by atoms with van der Waals surface area (Å²) in [4.78, 5) is 12.4. The predicted molar refractivity (Wildman–Crippen MR) is 111 cm³/mol. The minimum absolute atomic E-state index is 0.0144. The molecule has 2 aromatic carbocycles. The summed E-state index contributed by atoms with van der Waals surface area (Å²) in [5, 5.41) is 7.71. The van der Waals surface area contributed by atoms with Crippen LogP contribution in [0.15, 0.2) is 60.8 Å². The van der Waals surface area contributed by atoms with Gasteiger partial charge in [0, 0.05) is 23.9 Å². The fourth-order valence-electron chi connectivity index (χ4n) is 2.98. The van der Waals surface area contributed by atoms with Crippen LogP contribution in [-0.2, 0) is 11.2 Å². The summed E-state index contributed by atoms with van der Waals surface area (Å²) in [5.74, 6) is 0.768. The number of benzene rings is 2. The van der Waals surface area contributed by atoms with Gasteiger partial charge >= 0.3 is 0 Å². The van der Waals surface area contributed by atoms with Crippen LogP contribution in [0.3, 0.4) is 0 Å². The Bertz CT molecular complexity index is 889. The molecule has 0 spiro atoms. The van der Waals surface area contributed by atoms with Crippen LogP contribution in [0.4, 0.5) is 0 Å². The van der Waals surface area contributed by atoms with Crippen molar-refractivity contribution in [3.63, 3.8) is 0 Å². The number of unbranched alkanes of at least 4 members (excludes halogenated alkanes) is 1. The van der Waals surface area contributed by atoms with E-state index < -0.39 is 0 Å². The van der Waals surface area contributed by atoms with E-state index in [-0.39, 0.29) is 12.3 Å². The SMILES string of the molecule is COc1ccc(-c2nn(-c3ccccc3)cc2CC(=O)NCCCCN)cc1. The lowest BCUT2D eigenvalue weighted by Gasteiger charge is -2.06. The van der Waals surface area contributed by atoms with Gasteiger partial charge in [-0.2, -0.15) is 5.10 Å². The zero-order chi connectivity index (χ0) is 19.8. The van der Waals surface area contributed by atoms with E-state index in [9.17, 15) is 4.79 Å². The number of methoxy groups -OCH3 is 1. The molecule has 0 atom stereocenters. The van der Waals surface area contributed by atoms with E-state index in [1.54, 1.807) is 7.11 Å². The number of hydrogen-bond donors (Lipinski definition) is 2. The van der Waals surface area contributed by atoms with Crippen molar-refractivity contribution in [1.29, 1.82) is 0 Å². The topological polar surface area (TPSA) is 82.2 Å². The molecule has 3 rings (SSSR count). The van der Waals surface area contributed by atoms with Gasteiger partial charge in [-0.3, -0.25) is 4.79 Å². The molecule has 0 saturated carbocycles. The molecular formula is C22H26N4O2. The lowest BCUT2D eigenvalue weighted by Crippen LogP contribution is -2.26. The summed E-state index contributed by atoms with van der Waals surface area (Å²) in [7, 11) is 1.64. The standard InChI is InChI=1S/C22H26N4O2/c1-28-20-11-9-17(10-12-20)22-18(15-21(27)24-14-6-5-13-23)16-26(25-22)19-7-3-2-4-8-19/h2-4,7-12,16H,5-6,13-15,23H2,1H3,(H,24,27). The number of aromatic nitrogens is 2. The molecule has 1 amide bonds. The first-order valence-corrected chi connectivity index (χ1v) is 9.46. The van der Waals surface area contributed by atoms with Crippen molar-refractivity contribution in [2.75, 3.05) is 20.2 Å². The zero-order valence-electron chi connectivity index (χ0n) is 16.1. The molecule has 0 radical (unpaired) electrons. The van der Waals surface area contributed by atoms with Gasteiger partial charge < -0.3 is 15.8 Å². The molecule has 0 fully saturated rings. The fraction of sp³-hybridized carbons (Fsp3) is 0.273. The smallest absolute Gasteiger partial charge is 0.224 e. The van der Waals surface area contributed by atoms with E-state index in [4.69, 9.17) is 15.6 Å². The second-order valence-corrected chi connectivity index (χ2v) is 6.53. The van der Waals surface area contributed by atoms with Gasteiger partial charge in [0.1, 0.15) is 5.75 Å². The van der Waals surface area contributed by atoms with E-state index in [2.05, 4.69) is 5.32 Å². The van der Waals surface area contributed by atoms with Gasteiger partial charge in [0.15, 0.2) is 0 Å². The molecular weight excluding hydrogens is 352 g/mol. The van der Waals surface area contributed by atoms with Crippen LogP contribution in [0.25, 0.3) is 16.9 Å². The molecule has 0 unspecified atom stereocenters. The fourth-order valence-corrected chi connectivity index (χ4v) is 2.98. The minimum Gasteiger partial charge on any atom is -0.497 e. The summed E-state index contributed by atoms with van der Waals surface area (Å²) in [5.41, 5.74) is 9.07. The molecule has 1 heterocycles. The van der Waals surface area contributed by atoms with E-state index in [1.807, 2.05) is 65.5 Å². The zero-order valence-corrected chi connectivity index (χ0v) is 16.1. The van der Waals surface area contributed by atoms with Gasteiger partial charge in [-0.1, -0.05) is 18.2 Å². The first-order valence-electron chi connectivity index (χ1n) is 9.46. The highest BCUT2D eigenvalue weighted by Gasteiger charge is 2.15. The Balaban J connectivity index is 1.85. The highest BCUT2D eigenvalue weighted by molar-refractivity contribution is 5.81. The van der Waals surface area contributed by atoms with Crippen molar-refractivity contribution in [2.45, 2.75) is 19.3 Å². The van der Waals surface area contributed by atoms with Crippen molar-refractivity contribution >= 4 is 5.91 Å². The largest absolute Gasteiger partial charge is 0.497 e. The highest BCUT2D eigenvalue weighted by atomic mass is 16.5. The van der Waals surface area contributed by atoms with Gasteiger partial charge in [0.25, 0.3) is 0 Å². The first kappa shape index (κ1) is 19.6. The third-order valence-electron chi connectivity index (χ3n) is 4.48. The quantitative estimate of drug-likeness (QED) is 0.561. The monoisotopic (exact) mass is 378 g/mol. The van der Waals surface area contributed by atoms with Crippen LogP contribution in [0.1, 0.15) is 18.4 Å². The van der Waals surface area contributed by atoms with Crippen LogP contribution in [-0.4, -0.2) is 35.9 Å². The Morgan fingerprint density at radius 1 is 1.11 bits per heavy atom. The van der Waals surface area contributed by atoms with Crippen molar-refractivity contribution in [2.24, 2.45) is 5.73 Å². The van der Waals surface area contributed by atoms with E-state index in [0.29, 0.717) is 13.1 Å². The minimum atomic E-state index is -0.0144. The van der Waals surface area contributed by atoms with Crippen molar-refractivity contribution in [1.82, 2.24) is 15.1 Å². The summed E-state index contributed by atoms with van der Waals surface area (Å²) < 4.78 is 7.06. The molecule has 0 bridgehead atoms. The maximum atomic E-state index is 12.4. The average Bonchev–Trinajstić information content (AvgIpc) is 3.15. The van der Waals surface area contributed by atoms with Crippen LogP contribution < -0.4 is 15.8 Å². The van der Waals surface area contributed by atoms with Gasteiger partial charge in [-0.05, 0) is 55.8 Å². The third kappa shape index (κ3) is 4.98. The van der Waals surface area contributed by atoms with E-state index in [0.717, 1.165) is 41.1 Å². The summed E-state index contributed by atoms with van der Waals surface area (Å²) in [6, 6.07) is 17.6. The number of ether oxygens (including phenoxy) is 1. The number of nitrogens with zero attached hydrogens (tertiary/aromatic N) is 2. The highest BCUT2D eigenvalue weighted by Crippen LogP contribution is 2.26. The van der Waals surface area contributed by atoms with Gasteiger partial charge in [-0.15, -0.1) is 0 Å². The maximum Gasteiger partial charge on any atom is 0.224 e. The molecule has 6 nitrogen and oxygen atoms in total. The number of amides is 1. The molecule has 6 heteroatoms. The number of para-hydroxylation sites is 1. The Labute approximate surface area is 165 Å². The Hall–Kier alpha value is -3.12. The summed E-state index contributed by atoms with van der Waals surface area (Å²) in [6.45, 7) is 1.28. The molecule has 28 heavy (non-hydrogen) atoms. The predicted octanol–water partition coefficient (Wildman–Crippen LogP) is 2.95. The summed E-state index contributed by atoms with van der Waals surface area (Å²) in [6.07, 6.45) is 3.99. The van der Waals surface area contributed by atoms with Crippen LogP contribution in [0.2, 0.25) is 0 Å². The Kier molecular flexibility index (Phi) is 6.81. The Morgan fingerprint density at radius 2 is 1.86 bits per heavy atom. The average molecular weight is 378 g/mol. The van der Waals surface area contributed by atoms with Crippen molar-refractivity contribution in [3.05, 3.63) is 66.4 Å². The van der Waals surface area contributed by atoms with Crippen molar-refractivity contribution in [3.8, 4) is 22.7 Å². The molecule has 1 aromatic heterocycles. The van der Waals surface area contributed by atoms with Gasteiger partial charge in [-0.25, -0.2) is 4.68 Å². The van der Waals surface area contributed by atoms with Crippen molar-refractivity contribution < 1.29 is 9.53 Å². The molecule has 3 aromatic rings. The molecule has 0 saturated heterocycles. The molecule has 0 aliphatic carbocycles. The van der Waals surface area contributed by atoms with Gasteiger partial charge in [0.2, 0.25) is 5.91 Å². The number of carbonyl (C=O) groups excluding carboxylic acids is 1. The van der Waals surface area contributed by atoms with Crippen LogP contribution >= 0.6 is 0 Å². The second-order valence-electron chi connectivity index (χ2n) is 6.53. The molecule has 146 valence electrons. The number of hydrogen-bond acceptors (Lipinski definition) is 4. The van der Waals surface area contributed by atoms with Crippen LogP contribution in [0, 0.1) is 0 Å². The molecule has 0 aliphatic heterocycles. The van der Waals surface area contributed by atoms with Crippen LogP contribution in [0.5, 0.6) is 5.75 Å².